The van der Waals surface area contributed by atoms with Gasteiger partial charge in [-0.3, -0.25) is 0 Å². The summed E-state index contributed by atoms with van der Waals surface area (Å²) in [5.74, 6) is 0.384. The van der Waals surface area contributed by atoms with E-state index < -0.39 is 0 Å². The van der Waals surface area contributed by atoms with Crippen LogP contribution in [0.2, 0.25) is 0 Å². The molecule has 0 amide bonds. The van der Waals surface area contributed by atoms with Crippen molar-refractivity contribution >= 4 is 5.97 Å². The molecule has 17 heavy (non-hydrogen) atoms. The Bertz CT molecular complexity index is 221. The van der Waals surface area contributed by atoms with E-state index in [-0.39, 0.29) is 5.97 Å². The van der Waals surface area contributed by atoms with Crippen LogP contribution in [0.25, 0.3) is 0 Å². The summed E-state index contributed by atoms with van der Waals surface area (Å²) < 4.78 is 5.16. The third-order valence-electron chi connectivity index (χ3n) is 3.10. The number of hydrogen-bond acceptors (Lipinski definition) is 2. The highest BCUT2D eigenvalue weighted by molar-refractivity contribution is 5.87. The maximum Gasteiger partial charge on any atom is 0.333 e. The van der Waals surface area contributed by atoms with Crippen LogP contribution in [-0.4, -0.2) is 12.6 Å². The first-order chi connectivity index (χ1) is 8.15. The van der Waals surface area contributed by atoms with Gasteiger partial charge in [-0.25, -0.2) is 4.79 Å². The van der Waals surface area contributed by atoms with Crippen LogP contribution in [0.5, 0.6) is 0 Å². The van der Waals surface area contributed by atoms with E-state index in [2.05, 4.69) is 27.4 Å². The van der Waals surface area contributed by atoms with Crippen LogP contribution in [0.3, 0.4) is 0 Å². The molecule has 0 aromatic carbocycles. The largest absolute Gasteiger partial charge is 0.462 e. The van der Waals surface area contributed by atoms with E-state index in [1.54, 1.807) is 0 Å². The topological polar surface area (TPSA) is 26.3 Å². The fraction of sp³-hybridized carbons (Fsp3) is 0.800. The van der Waals surface area contributed by atoms with Crippen molar-refractivity contribution < 1.29 is 9.53 Å². The Kier molecular flexibility index (Phi) is 9.89. The molecule has 1 atom stereocenters. The van der Waals surface area contributed by atoms with Crippen LogP contribution in [-0.2, 0) is 9.53 Å². The highest BCUT2D eigenvalue weighted by Crippen LogP contribution is 2.21. The van der Waals surface area contributed by atoms with Crippen LogP contribution >= 0.6 is 0 Å². The van der Waals surface area contributed by atoms with Crippen molar-refractivity contribution in [3.63, 3.8) is 0 Å². The first-order valence-corrected chi connectivity index (χ1v) is 7.00. The van der Waals surface area contributed by atoms with Gasteiger partial charge in [-0.15, -0.1) is 0 Å². The Morgan fingerprint density at radius 2 is 1.82 bits per heavy atom. The van der Waals surface area contributed by atoms with Gasteiger partial charge in [0.05, 0.1) is 6.61 Å². The van der Waals surface area contributed by atoms with Gasteiger partial charge in [0.25, 0.3) is 0 Å². The first-order valence-electron chi connectivity index (χ1n) is 7.00. The summed E-state index contributed by atoms with van der Waals surface area (Å²) in [7, 11) is 0. The van der Waals surface area contributed by atoms with Crippen molar-refractivity contribution in [3.05, 3.63) is 12.2 Å². The molecular weight excluding hydrogens is 212 g/mol. The SMILES string of the molecule is C=C(CC(CC)CCCC)C(=O)OCCCC. The van der Waals surface area contributed by atoms with Crippen LogP contribution in [0.4, 0.5) is 0 Å². The molecule has 0 saturated carbocycles. The number of carbonyl (C=O) groups excluding carboxylic acids is 1. The summed E-state index contributed by atoms with van der Waals surface area (Å²) in [4.78, 5) is 11.6. The van der Waals surface area contributed by atoms with Crippen LogP contribution in [0.15, 0.2) is 12.2 Å². The lowest BCUT2D eigenvalue weighted by atomic mass is 9.92. The van der Waals surface area contributed by atoms with Crippen molar-refractivity contribution in [1.29, 1.82) is 0 Å². The Morgan fingerprint density at radius 3 is 2.35 bits per heavy atom. The zero-order valence-corrected chi connectivity index (χ0v) is 11.8. The molecule has 100 valence electrons. The van der Waals surface area contributed by atoms with Gasteiger partial charge in [-0.1, -0.05) is 59.5 Å². The van der Waals surface area contributed by atoms with Crippen molar-refractivity contribution in [1.82, 2.24) is 0 Å². The summed E-state index contributed by atoms with van der Waals surface area (Å²) in [6, 6.07) is 0. The second-order valence-electron chi connectivity index (χ2n) is 4.71. The van der Waals surface area contributed by atoms with E-state index in [1.807, 2.05) is 0 Å². The number of rotatable bonds is 10. The van der Waals surface area contributed by atoms with E-state index in [0.717, 1.165) is 25.7 Å². The fourth-order valence-corrected chi connectivity index (χ4v) is 1.79. The Balaban J connectivity index is 3.90. The van der Waals surface area contributed by atoms with Gasteiger partial charge in [0.1, 0.15) is 0 Å². The maximum absolute atomic E-state index is 11.6. The summed E-state index contributed by atoms with van der Waals surface area (Å²) in [5, 5.41) is 0. The zero-order chi connectivity index (χ0) is 13.1. The van der Waals surface area contributed by atoms with Crippen LogP contribution < -0.4 is 0 Å². The number of unbranched alkanes of at least 4 members (excludes halogenated alkanes) is 2. The summed E-state index contributed by atoms with van der Waals surface area (Å²) in [5.41, 5.74) is 0.643. The van der Waals surface area contributed by atoms with Crippen molar-refractivity contribution in [2.24, 2.45) is 5.92 Å². The average Bonchev–Trinajstić information content (AvgIpc) is 2.34. The molecule has 1 unspecified atom stereocenters. The minimum absolute atomic E-state index is 0.201. The minimum atomic E-state index is -0.201. The van der Waals surface area contributed by atoms with Gasteiger partial charge < -0.3 is 4.74 Å². The quantitative estimate of drug-likeness (QED) is 0.319. The molecule has 0 aromatic heterocycles. The molecule has 0 aliphatic heterocycles. The molecule has 0 rings (SSSR count). The third kappa shape index (κ3) is 8.00. The van der Waals surface area contributed by atoms with E-state index in [9.17, 15) is 4.79 Å². The molecule has 2 heteroatoms. The molecule has 0 radical (unpaired) electrons. The normalized spacial score (nSPS) is 12.2. The lowest BCUT2D eigenvalue weighted by Crippen LogP contribution is -2.11. The van der Waals surface area contributed by atoms with E-state index in [1.165, 1.54) is 19.3 Å². The second-order valence-corrected chi connectivity index (χ2v) is 4.71. The third-order valence-corrected chi connectivity index (χ3v) is 3.10. The van der Waals surface area contributed by atoms with E-state index in [4.69, 9.17) is 4.74 Å². The molecule has 0 aliphatic rings. The Labute approximate surface area is 106 Å². The van der Waals surface area contributed by atoms with Crippen molar-refractivity contribution in [3.8, 4) is 0 Å². The molecule has 0 aliphatic carbocycles. The molecule has 0 N–H and O–H groups in total. The number of carbonyl (C=O) groups is 1. The van der Waals surface area contributed by atoms with Gasteiger partial charge in [0.15, 0.2) is 0 Å². The zero-order valence-electron chi connectivity index (χ0n) is 11.8. The van der Waals surface area contributed by atoms with E-state index >= 15 is 0 Å². The molecule has 0 heterocycles. The standard InChI is InChI=1S/C15H28O2/c1-5-8-10-14(7-3)12-13(4)15(16)17-11-9-6-2/h14H,4-12H2,1-3H3. The molecule has 0 saturated heterocycles. The summed E-state index contributed by atoms with van der Waals surface area (Å²) >= 11 is 0. The molecule has 0 aromatic rings. The summed E-state index contributed by atoms with van der Waals surface area (Å²) in [6.45, 7) is 10.8. The average molecular weight is 240 g/mol. The summed E-state index contributed by atoms with van der Waals surface area (Å²) in [6.07, 6.45) is 7.53. The molecule has 0 spiro atoms. The number of ether oxygens (including phenoxy) is 1. The maximum atomic E-state index is 11.6. The molecule has 0 fully saturated rings. The number of esters is 1. The van der Waals surface area contributed by atoms with Crippen molar-refractivity contribution in [2.45, 2.75) is 65.7 Å². The number of hydrogen-bond donors (Lipinski definition) is 0. The van der Waals surface area contributed by atoms with Crippen LogP contribution in [0.1, 0.15) is 65.7 Å². The van der Waals surface area contributed by atoms with Gasteiger partial charge in [0.2, 0.25) is 0 Å². The van der Waals surface area contributed by atoms with Gasteiger partial charge in [0, 0.05) is 5.57 Å². The second kappa shape index (κ2) is 10.4. The van der Waals surface area contributed by atoms with Gasteiger partial charge in [-0.05, 0) is 18.8 Å². The molecule has 0 bridgehead atoms. The highest BCUT2D eigenvalue weighted by atomic mass is 16.5. The fourth-order valence-electron chi connectivity index (χ4n) is 1.79. The highest BCUT2D eigenvalue weighted by Gasteiger charge is 2.14. The van der Waals surface area contributed by atoms with Crippen LogP contribution in [0, 0.1) is 5.92 Å². The predicted octanol–water partition coefficient (Wildman–Crippen LogP) is 4.49. The monoisotopic (exact) mass is 240 g/mol. The minimum Gasteiger partial charge on any atom is -0.462 e. The smallest absolute Gasteiger partial charge is 0.333 e. The van der Waals surface area contributed by atoms with Gasteiger partial charge in [-0.2, -0.15) is 0 Å². The lowest BCUT2D eigenvalue weighted by molar-refractivity contribution is -0.139. The first kappa shape index (κ1) is 16.2. The molecule has 2 nitrogen and oxygen atoms in total. The van der Waals surface area contributed by atoms with Crippen molar-refractivity contribution in [2.75, 3.05) is 6.61 Å². The Hall–Kier alpha value is -0.790. The van der Waals surface area contributed by atoms with E-state index in [0.29, 0.717) is 18.1 Å². The van der Waals surface area contributed by atoms with Gasteiger partial charge >= 0.3 is 5.97 Å². The Morgan fingerprint density at radius 1 is 1.18 bits per heavy atom. The predicted molar refractivity (Wildman–Crippen MR) is 72.9 cm³/mol. The molecular formula is C15H28O2. The lowest BCUT2D eigenvalue weighted by Gasteiger charge is -2.15.